The van der Waals surface area contributed by atoms with Crippen LogP contribution in [0, 0.1) is 11.3 Å². The molecule has 2 aromatic heterocycles. The molecule has 1 aliphatic heterocycles. The maximum absolute atomic E-state index is 9.30. The Hall–Kier alpha value is -2.33. The van der Waals surface area contributed by atoms with E-state index in [1.54, 1.807) is 24.0 Å². The maximum atomic E-state index is 9.30. The van der Waals surface area contributed by atoms with Gasteiger partial charge in [-0.1, -0.05) is 32.5 Å². The zero-order valence-corrected chi connectivity index (χ0v) is 16.5. The highest BCUT2D eigenvalue weighted by molar-refractivity contribution is 7.98. The van der Waals surface area contributed by atoms with Gasteiger partial charge in [0.2, 0.25) is 0 Å². The summed E-state index contributed by atoms with van der Waals surface area (Å²) < 4.78 is 0. The molecule has 0 bridgehead atoms. The fourth-order valence-corrected chi connectivity index (χ4v) is 3.31. The average molecular weight is 369 g/mol. The van der Waals surface area contributed by atoms with Crippen molar-refractivity contribution in [2.75, 3.05) is 42.2 Å². The van der Waals surface area contributed by atoms with Gasteiger partial charge >= 0.3 is 0 Å². The van der Waals surface area contributed by atoms with E-state index >= 15 is 0 Å². The van der Waals surface area contributed by atoms with Crippen LogP contribution in [0.2, 0.25) is 0 Å². The number of nitriles is 1. The summed E-state index contributed by atoms with van der Waals surface area (Å²) in [6, 6.07) is 7.96. The molecule has 0 aliphatic carbocycles. The summed E-state index contributed by atoms with van der Waals surface area (Å²) >= 11 is 1.57. The minimum absolute atomic E-state index is 0.0142. The van der Waals surface area contributed by atoms with E-state index in [0.29, 0.717) is 5.56 Å². The van der Waals surface area contributed by atoms with Gasteiger partial charge in [0, 0.05) is 43.9 Å². The molecule has 1 fully saturated rings. The third-order valence-corrected chi connectivity index (χ3v) is 5.00. The van der Waals surface area contributed by atoms with E-state index < -0.39 is 0 Å². The number of pyridine rings is 1. The number of rotatable bonds is 3. The van der Waals surface area contributed by atoms with E-state index in [1.165, 1.54) is 0 Å². The Labute approximate surface area is 159 Å². The summed E-state index contributed by atoms with van der Waals surface area (Å²) in [7, 11) is 0. The highest BCUT2D eigenvalue weighted by Crippen LogP contribution is 2.27. The van der Waals surface area contributed by atoms with Crippen LogP contribution in [0.3, 0.4) is 0 Å². The first-order valence-corrected chi connectivity index (χ1v) is 9.93. The van der Waals surface area contributed by atoms with Gasteiger partial charge in [-0.05, 0) is 18.4 Å². The van der Waals surface area contributed by atoms with Gasteiger partial charge in [0.1, 0.15) is 17.7 Å². The lowest BCUT2D eigenvalue weighted by Crippen LogP contribution is -2.47. The van der Waals surface area contributed by atoms with E-state index in [2.05, 4.69) is 52.7 Å². The van der Waals surface area contributed by atoms with Gasteiger partial charge < -0.3 is 9.80 Å². The zero-order chi connectivity index (χ0) is 18.7. The average Bonchev–Trinajstić information content (AvgIpc) is 2.67. The second kappa shape index (κ2) is 7.50. The Morgan fingerprint density at radius 2 is 1.81 bits per heavy atom. The summed E-state index contributed by atoms with van der Waals surface area (Å²) in [4.78, 5) is 18.3. The standard InChI is InChI=1S/C19H24N6S/c1-19(2,3)15-12-16(23-18(22-15)26-4)24-8-10-25(11-9-24)17-14(13-20)6-5-7-21-17/h5-7,12H,8-11H2,1-4H3. The lowest BCUT2D eigenvalue weighted by molar-refractivity contribution is 0.555. The molecule has 0 radical (unpaired) electrons. The molecule has 0 aromatic carbocycles. The van der Waals surface area contributed by atoms with Gasteiger partial charge in [0.05, 0.1) is 11.3 Å². The third-order valence-electron chi connectivity index (χ3n) is 4.45. The number of piperazine rings is 1. The van der Waals surface area contributed by atoms with Crippen molar-refractivity contribution < 1.29 is 0 Å². The van der Waals surface area contributed by atoms with Crippen molar-refractivity contribution in [3.8, 4) is 6.07 Å². The molecule has 0 atom stereocenters. The highest BCUT2D eigenvalue weighted by Gasteiger charge is 2.24. The first kappa shape index (κ1) is 18.5. The first-order chi connectivity index (χ1) is 12.4. The first-order valence-electron chi connectivity index (χ1n) is 8.71. The Bertz CT molecular complexity index is 816. The Kier molecular flexibility index (Phi) is 5.33. The van der Waals surface area contributed by atoms with Crippen LogP contribution in [0.25, 0.3) is 0 Å². The van der Waals surface area contributed by atoms with Gasteiger partial charge in [0.25, 0.3) is 0 Å². The summed E-state index contributed by atoms with van der Waals surface area (Å²) in [6.45, 7) is 9.83. The molecule has 0 N–H and O–H groups in total. The smallest absolute Gasteiger partial charge is 0.189 e. The molecule has 3 heterocycles. The molecule has 0 unspecified atom stereocenters. The Morgan fingerprint density at radius 1 is 1.12 bits per heavy atom. The van der Waals surface area contributed by atoms with Crippen LogP contribution in [0.1, 0.15) is 32.0 Å². The lowest BCUT2D eigenvalue weighted by Gasteiger charge is -2.36. The van der Waals surface area contributed by atoms with Crippen LogP contribution in [-0.4, -0.2) is 47.4 Å². The molecule has 2 aromatic rings. The zero-order valence-electron chi connectivity index (χ0n) is 15.7. The molecule has 136 valence electrons. The van der Waals surface area contributed by atoms with Crippen LogP contribution in [0.4, 0.5) is 11.6 Å². The fraction of sp³-hybridized carbons (Fsp3) is 0.474. The number of thioether (sulfide) groups is 1. The molecule has 0 saturated carbocycles. The molecular weight excluding hydrogens is 344 g/mol. The number of anilines is 2. The van der Waals surface area contributed by atoms with Gasteiger partial charge in [-0.25, -0.2) is 15.0 Å². The minimum Gasteiger partial charge on any atom is -0.353 e. The van der Waals surface area contributed by atoms with Gasteiger partial charge in [-0.3, -0.25) is 0 Å². The second-order valence-corrected chi connectivity index (χ2v) is 8.08. The van der Waals surface area contributed by atoms with Crippen molar-refractivity contribution >= 4 is 23.4 Å². The van der Waals surface area contributed by atoms with Crippen molar-refractivity contribution in [1.29, 1.82) is 5.26 Å². The minimum atomic E-state index is -0.0142. The molecule has 7 heteroatoms. The number of hydrogen-bond acceptors (Lipinski definition) is 7. The number of hydrogen-bond donors (Lipinski definition) is 0. The summed E-state index contributed by atoms with van der Waals surface area (Å²) in [5.41, 5.74) is 1.67. The SMILES string of the molecule is CSc1nc(N2CCN(c3ncccc3C#N)CC2)cc(C(C)(C)C)n1. The van der Waals surface area contributed by atoms with E-state index in [1.807, 2.05) is 12.3 Å². The molecule has 1 aliphatic rings. The molecular formula is C19H24N6S. The maximum Gasteiger partial charge on any atom is 0.189 e. The summed E-state index contributed by atoms with van der Waals surface area (Å²) in [5, 5.41) is 10.1. The van der Waals surface area contributed by atoms with Crippen LogP contribution in [-0.2, 0) is 5.41 Å². The highest BCUT2D eigenvalue weighted by atomic mass is 32.2. The van der Waals surface area contributed by atoms with Crippen LogP contribution >= 0.6 is 11.8 Å². The molecule has 3 rings (SSSR count). The van der Waals surface area contributed by atoms with Crippen molar-refractivity contribution in [2.24, 2.45) is 0 Å². The quantitative estimate of drug-likeness (QED) is 0.609. The molecule has 26 heavy (non-hydrogen) atoms. The lowest BCUT2D eigenvalue weighted by atomic mass is 9.92. The van der Waals surface area contributed by atoms with Crippen molar-refractivity contribution in [2.45, 2.75) is 31.3 Å². The van der Waals surface area contributed by atoms with Gasteiger partial charge in [-0.2, -0.15) is 5.26 Å². The summed E-state index contributed by atoms with van der Waals surface area (Å²) in [5.74, 6) is 1.76. The molecule has 0 spiro atoms. The number of aromatic nitrogens is 3. The third kappa shape index (κ3) is 3.91. The monoisotopic (exact) mass is 368 g/mol. The van der Waals surface area contributed by atoms with E-state index in [-0.39, 0.29) is 5.41 Å². The Morgan fingerprint density at radius 3 is 2.42 bits per heavy atom. The normalized spacial score (nSPS) is 15.0. The van der Waals surface area contributed by atoms with Gasteiger partial charge in [-0.15, -0.1) is 0 Å². The Balaban J connectivity index is 1.79. The molecule has 6 nitrogen and oxygen atoms in total. The predicted molar refractivity (Wildman–Crippen MR) is 106 cm³/mol. The van der Waals surface area contributed by atoms with Gasteiger partial charge in [0.15, 0.2) is 5.16 Å². The second-order valence-electron chi connectivity index (χ2n) is 7.31. The molecule has 1 saturated heterocycles. The molecule has 0 amide bonds. The van der Waals surface area contributed by atoms with Crippen LogP contribution in [0.15, 0.2) is 29.6 Å². The van der Waals surface area contributed by atoms with E-state index in [9.17, 15) is 5.26 Å². The van der Waals surface area contributed by atoms with Crippen LogP contribution in [0.5, 0.6) is 0 Å². The fourth-order valence-electron chi connectivity index (χ4n) is 2.93. The van der Waals surface area contributed by atoms with E-state index in [4.69, 9.17) is 4.98 Å². The van der Waals surface area contributed by atoms with Crippen molar-refractivity contribution in [3.63, 3.8) is 0 Å². The number of nitrogens with zero attached hydrogens (tertiary/aromatic N) is 6. The van der Waals surface area contributed by atoms with Crippen molar-refractivity contribution in [1.82, 2.24) is 15.0 Å². The summed E-state index contributed by atoms with van der Waals surface area (Å²) in [6.07, 6.45) is 3.75. The van der Waals surface area contributed by atoms with Crippen molar-refractivity contribution in [3.05, 3.63) is 35.7 Å². The van der Waals surface area contributed by atoms with Crippen LogP contribution < -0.4 is 9.80 Å². The topological polar surface area (TPSA) is 68.9 Å². The van der Waals surface area contributed by atoms with E-state index in [0.717, 1.165) is 48.7 Å². The predicted octanol–water partition coefficient (Wildman–Crippen LogP) is 3.09. The largest absolute Gasteiger partial charge is 0.353 e.